The highest BCUT2D eigenvalue weighted by Crippen LogP contribution is 2.25. The van der Waals surface area contributed by atoms with E-state index < -0.39 is 0 Å². The minimum absolute atomic E-state index is 0.137. The fourth-order valence-corrected chi connectivity index (χ4v) is 3.31. The number of hydrogen-bond donors (Lipinski definition) is 2. The molecule has 1 aromatic heterocycles. The summed E-state index contributed by atoms with van der Waals surface area (Å²) in [4.78, 5) is 25.2. The highest BCUT2D eigenvalue weighted by atomic mass is 35.5. The molecule has 0 bridgehead atoms. The molecule has 0 fully saturated rings. The molecule has 32 heavy (non-hydrogen) atoms. The molecule has 7 heteroatoms. The lowest BCUT2D eigenvalue weighted by molar-refractivity contribution is -0.120. The van der Waals surface area contributed by atoms with Crippen LogP contribution in [-0.2, 0) is 11.3 Å². The molecule has 0 aliphatic carbocycles. The number of nitrogens with one attached hydrogen (secondary N) is 2. The van der Waals surface area contributed by atoms with Crippen molar-refractivity contribution < 1.29 is 9.59 Å². The maximum absolute atomic E-state index is 13.0. The normalized spacial score (nSPS) is 10.5. The Kier molecular flexibility index (Phi) is 6.63. The van der Waals surface area contributed by atoms with E-state index >= 15 is 0 Å². The number of amides is 2. The molecule has 4 aromatic rings. The van der Waals surface area contributed by atoms with Gasteiger partial charge < -0.3 is 10.6 Å². The summed E-state index contributed by atoms with van der Waals surface area (Å²) in [5, 5.41) is 10.7. The van der Waals surface area contributed by atoms with E-state index in [0.29, 0.717) is 22.8 Å². The molecule has 0 unspecified atom stereocenters. The van der Waals surface area contributed by atoms with Gasteiger partial charge in [0.05, 0.1) is 17.8 Å². The van der Waals surface area contributed by atoms with E-state index in [1.54, 1.807) is 23.0 Å². The van der Waals surface area contributed by atoms with Crippen LogP contribution in [0.4, 0.5) is 0 Å². The van der Waals surface area contributed by atoms with Gasteiger partial charge in [0.15, 0.2) is 0 Å². The Morgan fingerprint density at radius 3 is 2.19 bits per heavy atom. The van der Waals surface area contributed by atoms with Crippen molar-refractivity contribution in [2.24, 2.45) is 0 Å². The molecule has 2 amide bonds. The molecule has 0 aliphatic rings. The molecule has 1 heterocycles. The van der Waals surface area contributed by atoms with Crippen LogP contribution in [0.25, 0.3) is 16.9 Å². The molecule has 4 rings (SSSR count). The number of rotatable bonds is 7. The van der Waals surface area contributed by atoms with E-state index in [0.717, 1.165) is 16.8 Å². The van der Waals surface area contributed by atoms with Gasteiger partial charge in [-0.3, -0.25) is 9.59 Å². The number of benzene rings is 3. The highest BCUT2D eigenvalue weighted by Gasteiger charge is 2.19. The van der Waals surface area contributed by atoms with E-state index in [-0.39, 0.29) is 18.4 Å². The summed E-state index contributed by atoms with van der Waals surface area (Å²) in [6, 6.07) is 26.2. The van der Waals surface area contributed by atoms with Crippen molar-refractivity contribution in [3.05, 3.63) is 107 Å². The van der Waals surface area contributed by atoms with Crippen molar-refractivity contribution in [3.63, 3.8) is 0 Å². The molecule has 0 spiro atoms. The third kappa shape index (κ3) is 5.22. The number of carbonyl (C=O) groups is 2. The van der Waals surface area contributed by atoms with Crippen LogP contribution < -0.4 is 10.6 Å². The lowest BCUT2D eigenvalue weighted by atomic mass is 10.1. The zero-order chi connectivity index (χ0) is 22.3. The van der Waals surface area contributed by atoms with Gasteiger partial charge in [-0.1, -0.05) is 72.3 Å². The van der Waals surface area contributed by atoms with Gasteiger partial charge >= 0.3 is 0 Å². The monoisotopic (exact) mass is 444 g/mol. The molecule has 0 saturated carbocycles. The van der Waals surface area contributed by atoms with Gasteiger partial charge in [-0.05, 0) is 29.8 Å². The third-order valence-electron chi connectivity index (χ3n) is 4.84. The van der Waals surface area contributed by atoms with Crippen LogP contribution >= 0.6 is 11.6 Å². The summed E-state index contributed by atoms with van der Waals surface area (Å²) in [7, 11) is 0. The summed E-state index contributed by atoms with van der Waals surface area (Å²) in [5.74, 6) is -0.655. The third-order valence-corrected chi connectivity index (χ3v) is 5.09. The largest absolute Gasteiger partial charge is 0.350 e. The molecule has 0 saturated heterocycles. The van der Waals surface area contributed by atoms with E-state index in [4.69, 9.17) is 11.6 Å². The first-order valence-electron chi connectivity index (χ1n) is 10.1. The number of nitrogens with zero attached hydrogens (tertiary/aromatic N) is 2. The second-order valence-corrected chi connectivity index (χ2v) is 7.56. The van der Waals surface area contributed by atoms with Crippen molar-refractivity contribution in [2.75, 3.05) is 6.54 Å². The second kappa shape index (κ2) is 9.94. The quantitative estimate of drug-likeness (QED) is 0.447. The van der Waals surface area contributed by atoms with E-state index in [2.05, 4.69) is 15.7 Å². The molecular weight excluding hydrogens is 424 g/mol. The van der Waals surface area contributed by atoms with Crippen LogP contribution in [0.1, 0.15) is 15.9 Å². The molecule has 6 nitrogen and oxygen atoms in total. The van der Waals surface area contributed by atoms with Crippen LogP contribution in [0.2, 0.25) is 5.02 Å². The maximum atomic E-state index is 13.0. The molecule has 0 aliphatic heterocycles. The Morgan fingerprint density at radius 2 is 1.50 bits per heavy atom. The summed E-state index contributed by atoms with van der Waals surface area (Å²) in [6.45, 7) is 0.264. The fraction of sp³-hybridized carbons (Fsp3) is 0.0800. The van der Waals surface area contributed by atoms with Crippen molar-refractivity contribution in [2.45, 2.75) is 6.54 Å². The van der Waals surface area contributed by atoms with Crippen LogP contribution in [0, 0.1) is 0 Å². The number of para-hydroxylation sites is 1. The predicted octanol–water partition coefficient (Wildman–Crippen LogP) is 4.24. The molecule has 0 radical (unpaired) electrons. The van der Waals surface area contributed by atoms with E-state index in [9.17, 15) is 9.59 Å². The zero-order valence-electron chi connectivity index (χ0n) is 17.2. The van der Waals surface area contributed by atoms with Crippen LogP contribution in [-0.4, -0.2) is 28.1 Å². The van der Waals surface area contributed by atoms with Crippen LogP contribution in [0.15, 0.2) is 91.1 Å². The zero-order valence-corrected chi connectivity index (χ0v) is 17.9. The fourth-order valence-electron chi connectivity index (χ4n) is 3.19. The lowest BCUT2D eigenvalue weighted by Gasteiger charge is -2.07. The number of aromatic nitrogens is 2. The summed E-state index contributed by atoms with van der Waals surface area (Å²) in [6.07, 6.45) is 1.66. The highest BCUT2D eigenvalue weighted by molar-refractivity contribution is 6.30. The SMILES string of the molecule is O=C(CNC(=O)c1cn(-c2ccccc2)nc1-c1ccc(Cl)cc1)NCc1ccccc1. The van der Waals surface area contributed by atoms with Gasteiger partial charge in [0.1, 0.15) is 5.69 Å². The first-order valence-corrected chi connectivity index (χ1v) is 10.5. The van der Waals surface area contributed by atoms with Gasteiger partial charge in [0.25, 0.3) is 5.91 Å². The van der Waals surface area contributed by atoms with Crippen LogP contribution in [0.3, 0.4) is 0 Å². The molecule has 0 atom stereocenters. The Bertz CT molecular complexity index is 1210. The standard InChI is InChI=1S/C25H21ClN4O2/c26-20-13-11-19(12-14-20)24-22(17-30(29-24)21-9-5-2-6-10-21)25(32)28-16-23(31)27-15-18-7-3-1-4-8-18/h1-14,17H,15-16H2,(H,27,31)(H,28,32). The topological polar surface area (TPSA) is 76.0 Å². The Hall–Kier alpha value is -3.90. The van der Waals surface area contributed by atoms with Gasteiger partial charge in [-0.2, -0.15) is 5.10 Å². The van der Waals surface area contributed by atoms with Crippen molar-refractivity contribution >= 4 is 23.4 Å². The van der Waals surface area contributed by atoms with Crippen molar-refractivity contribution in [3.8, 4) is 16.9 Å². The first kappa shape index (κ1) is 21.3. The minimum atomic E-state index is -0.382. The Morgan fingerprint density at radius 1 is 0.844 bits per heavy atom. The molecular formula is C25H21ClN4O2. The minimum Gasteiger partial charge on any atom is -0.350 e. The summed E-state index contributed by atoms with van der Waals surface area (Å²) in [5.41, 5.74) is 3.44. The summed E-state index contributed by atoms with van der Waals surface area (Å²) < 4.78 is 1.65. The average Bonchev–Trinajstić information content (AvgIpc) is 3.28. The first-order chi connectivity index (χ1) is 15.6. The van der Waals surface area contributed by atoms with Crippen LogP contribution in [0.5, 0.6) is 0 Å². The molecule has 160 valence electrons. The van der Waals surface area contributed by atoms with Gasteiger partial charge in [0.2, 0.25) is 5.91 Å². The lowest BCUT2D eigenvalue weighted by Crippen LogP contribution is -2.36. The maximum Gasteiger partial charge on any atom is 0.255 e. The average molecular weight is 445 g/mol. The number of hydrogen-bond acceptors (Lipinski definition) is 3. The van der Waals surface area contributed by atoms with E-state index in [1.807, 2.05) is 72.8 Å². The molecule has 3 aromatic carbocycles. The van der Waals surface area contributed by atoms with Gasteiger partial charge in [0, 0.05) is 23.3 Å². The predicted molar refractivity (Wildman–Crippen MR) is 125 cm³/mol. The Balaban J connectivity index is 1.50. The van der Waals surface area contributed by atoms with Gasteiger partial charge in [-0.25, -0.2) is 4.68 Å². The Labute approximate surface area is 190 Å². The number of carbonyl (C=O) groups excluding carboxylic acids is 2. The second-order valence-electron chi connectivity index (χ2n) is 7.12. The van der Waals surface area contributed by atoms with Crippen molar-refractivity contribution in [1.29, 1.82) is 0 Å². The smallest absolute Gasteiger partial charge is 0.255 e. The summed E-state index contributed by atoms with van der Waals surface area (Å²) >= 11 is 6.01. The van der Waals surface area contributed by atoms with Gasteiger partial charge in [-0.15, -0.1) is 0 Å². The number of halogens is 1. The van der Waals surface area contributed by atoms with Crippen molar-refractivity contribution in [1.82, 2.24) is 20.4 Å². The molecule has 2 N–H and O–H groups in total. The van der Waals surface area contributed by atoms with E-state index in [1.165, 1.54) is 0 Å².